The third kappa shape index (κ3) is 7.93. The van der Waals surface area contributed by atoms with Gasteiger partial charge in [0, 0.05) is 15.5 Å². The number of nitrogens with zero attached hydrogens (tertiary/aromatic N) is 1. The third-order valence-electron chi connectivity index (χ3n) is 6.75. The lowest BCUT2D eigenvalue weighted by Crippen LogP contribution is -2.44. The highest BCUT2D eigenvalue weighted by molar-refractivity contribution is 9.10. The normalized spacial score (nSPS) is 23.6. The average molecular weight is 524 g/mol. The lowest BCUT2D eigenvalue weighted by molar-refractivity contribution is -0.174. The lowest BCUT2D eigenvalue weighted by Gasteiger charge is -2.33. The number of likely N-dealkylation sites (tertiary alicyclic amines) is 1. The van der Waals surface area contributed by atoms with Crippen LogP contribution in [-0.4, -0.2) is 42.7 Å². The summed E-state index contributed by atoms with van der Waals surface area (Å²) in [6.07, 6.45) is 4.03. The van der Waals surface area contributed by atoms with Crippen LogP contribution in [-0.2, 0) is 11.2 Å². The van der Waals surface area contributed by atoms with Crippen molar-refractivity contribution in [3.63, 3.8) is 0 Å². The Kier molecular flexibility index (Phi) is 9.11. The Hall–Kier alpha value is -0.790. The first kappa shape index (κ1) is 24.8. The number of benzene rings is 1. The predicted molar refractivity (Wildman–Crippen MR) is 121 cm³/mol. The van der Waals surface area contributed by atoms with Crippen LogP contribution in [0.15, 0.2) is 22.7 Å². The number of carbonyl (C=O) groups excluding carboxylic acids is 1. The van der Waals surface area contributed by atoms with Crippen LogP contribution in [0.1, 0.15) is 56.9 Å². The number of rotatable bonds is 7. The molecule has 0 atom stereocenters. The second kappa shape index (κ2) is 11.4. The van der Waals surface area contributed by atoms with Crippen molar-refractivity contribution in [2.75, 3.05) is 19.6 Å². The van der Waals surface area contributed by atoms with E-state index in [-0.39, 0.29) is 6.04 Å². The van der Waals surface area contributed by atoms with E-state index in [1.54, 1.807) is 0 Å². The van der Waals surface area contributed by atoms with Crippen molar-refractivity contribution in [3.05, 3.63) is 33.3 Å². The minimum atomic E-state index is -4.78. The topological polar surface area (TPSA) is 32.3 Å². The van der Waals surface area contributed by atoms with Crippen LogP contribution in [0.2, 0.25) is 5.02 Å². The fourth-order valence-corrected chi connectivity index (χ4v) is 5.49. The van der Waals surface area contributed by atoms with Crippen molar-refractivity contribution in [3.8, 4) is 0 Å². The summed E-state index contributed by atoms with van der Waals surface area (Å²) in [5.41, 5.74) is 1.29. The fraction of sp³-hybridized carbons (Fsp3) is 0.696. The minimum absolute atomic E-state index is 0.330. The largest absolute Gasteiger partial charge is 0.471 e. The Morgan fingerprint density at radius 3 is 2.42 bits per heavy atom. The van der Waals surface area contributed by atoms with Gasteiger partial charge < -0.3 is 10.2 Å². The number of hydrogen-bond donors (Lipinski definition) is 1. The maximum atomic E-state index is 12.4. The number of carbonyl (C=O) groups is 1. The average Bonchev–Trinajstić information content (AvgIpc) is 2.72. The van der Waals surface area contributed by atoms with Gasteiger partial charge in [0.25, 0.3) is 0 Å². The summed E-state index contributed by atoms with van der Waals surface area (Å²) in [4.78, 5) is 13.6. The van der Waals surface area contributed by atoms with Crippen LogP contribution in [0.3, 0.4) is 0 Å². The quantitative estimate of drug-likeness (QED) is 0.450. The smallest absolute Gasteiger partial charge is 0.346 e. The molecule has 1 amide bonds. The standard InChI is InChI=1S/C23H31BrClF3N2O/c24-21-8-5-19(25)15-18(21)14-17-9-12-30(13-10-17)11-1-2-16-3-6-20(7-4-16)29-22(31)23(26,27)28/h5,8,15-17,20H,1-4,6-7,9-14H2,(H,29,31). The van der Waals surface area contributed by atoms with Crippen LogP contribution in [0.5, 0.6) is 0 Å². The molecule has 174 valence electrons. The van der Waals surface area contributed by atoms with Gasteiger partial charge in [0.15, 0.2) is 0 Å². The van der Waals surface area contributed by atoms with Gasteiger partial charge in [-0.2, -0.15) is 13.2 Å². The molecule has 1 N–H and O–H groups in total. The second-order valence-electron chi connectivity index (χ2n) is 9.06. The van der Waals surface area contributed by atoms with Crippen molar-refractivity contribution < 1.29 is 18.0 Å². The maximum Gasteiger partial charge on any atom is 0.471 e. The third-order valence-corrected chi connectivity index (χ3v) is 7.76. The lowest BCUT2D eigenvalue weighted by atomic mass is 9.83. The number of piperidine rings is 1. The summed E-state index contributed by atoms with van der Waals surface area (Å²) in [5, 5.41) is 2.92. The van der Waals surface area contributed by atoms with Crippen molar-refractivity contribution >= 4 is 33.4 Å². The fourth-order valence-electron chi connectivity index (χ4n) is 4.89. The first-order valence-electron chi connectivity index (χ1n) is 11.2. The van der Waals surface area contributed by atoms with Crippen molar-refractivity contribution in [2.45, 2.75) is 70.0 Å². The maximum absolute atomic E-state index is 12.4. The first-order valence-corrected chi connectivity index (χ1v) is 12.4. The Morgan fingerprint density at radius 2 is 1.77 bits per heavy atom. The Labute approximate surface area is 196 Å². The van der Waals surface area contributed by atoms with Gasteiger partial charge in [-0.3, -0.25) is 4.79 Å². The molecule has 1 heterocycles. The molecule has 0 aromatic heterocycles. The first-order chi connectivity index (χ1) is 14.7. The SMILES string of the molecule is O=C(NC1CCC(CCCN2CCC(Cc3cc(Cl)ccc3Br)CC2)CC1)C(F)(F)F. The van der Waals surface area contributed by atoms with Gasteiger partial charge >= 0.3 is 12.1 Å². The number of hydrogen-bond acceptors (Lipinski definition) is 2. The Bertz CT molecular complexity index is 730. The van der Waals surface area contributed by atoms with Crippen molar-refractivity contribution in [1.82, 2.24) is 10.2 Å². The number of nitrogens with one attached hydrogen (secondary N) is 1. The Morgan fingerprint density at radius 1 is 1.10 bits per heavy atom. The molecular weight excluding hydrogens is 493 g/mol. The van der Waals surface area contributed by atoms with Crippen molar-refractivity contribution in [1.29, 1.82) is 0 Å². The highest BCUT2D eigenvalue weighted by atomic mass is 79.9. The highest BCUT2D eigenvalue weighted by Crippen LogP contribution is 2.30. The molecule has 2 aliphatic rings. The van der Waals surface area contributed by atoms with Gasteiger partial charge in [-0.15, -0.1) is 0 Å². The highest BCUT2D eigenvalue weighted by Gasteiger charge is 2.40. The zero-order valence-corrected chi connectivity index (χ0v) is 20.0. The van der Waals surface area contributed by atoms with E-state index < -0.39 is 12.1 Å². The molecule has 8 heteroatoms. The molecule has 1 aliphatic heterocycles. The molecular formula is C23H31BrClF3N2O. The van der Waals surface area contributed by atoms with E-state index in [1.807, 2.05) is 12.1 Å². The van der Waals surface area contributed by atoms with Crippen LogP contribution < -0.4 is 5.32 Å². The van der Waals surface area contributed by atoms with E-state index >= 15 is 0 Å². The summed E-state index contributed by atoms with van der Waals surface area (Å²) in [6.45, 7) is 3.34. The van der Waals surface area contributed by atoms with Gasteiger partial charge in [0.2, 0.25) is 0 Å². The molecule has 1 aromatic rings. The van der Waals surface area contributed by atoms with Crippen LogP contribution >= 0.6 is 27.5 Å². The van der Waals surface area contributed by atoms with Crippen LogP contribution in [0, 0.1) is 11.8 Å². The van der Waals surface area contributed by atoms with Gasteiger partial charge in [0.1, 0.15) is 0 Å². The zero-order chi connectivity index (χ0) is 22.4. The summed E-state index contributed by atoms with van der Waals surface area (Å²) >= 11 is 9.76. The molecule has 0 bridgehead atoms. The van der Waals surface area contributed by atoms with E-state index in [4.69, 9.17) is 11.6 Å². The van der Waals surface area contributed by atoms with Crippen LogP contribution in [0.4, 0.5) is 13.2 Å². The molecule has 1 saturated heterocycles. The molecule has 2 fully saturated rings. The minimum Gasteiger partial charge on any atom is -0.346 e. The molecule has 31 heavy (non-hydrogen) atoms. The number of halogens is 5. The van der Waals surface area contributed by atoms with Gasteiger partial charge in [-0.05, 0) is 113 Å². The van der Waals surface area contributed by atoms with E-state index in [0.717, 1.165) is 61.2 Å². The van der Waals surface area contributed by atoms with Gasteiger partial charge in [-0.25, -0.2) is 0 Å². The number of amides is 1. The summed E-state index contributed by atoms with van der Waals surface area (Å²) in [5.74, 6) is -0.549. The molecule has 1 aromatic carbocycles. The molecule has 0 unspecified atom stereocenters. The zero-order valence-electron chi connectivity index (χ0n) is 17.7. The molecule has 1 saturated carbocycles. The van der Waals surface area contributed by atoms with Crippen LogP contribution in [0.25, 0.3) is 0 Å². The molecule has 0 radical (unpaired) electrons. The van der Waals surface area contributed by atoms with Crippen molar-refractivity contribution in [2.24, 2.45) is 11.8 Å². The summed E-state index contributed by atoms with van der Waals surface area (Å²) in [7, 11) is 0. The van der Waals surface area contributed by atoms with E-state index in [1.165, 1.54) is 18.4 Å². The van der Waals surface area contributed by atoms with Gasteiger partial charge in [0.05, 0.1) is 0 Å². The predicted octanol–water partition coefficient (Wildman–Crippen LogP) is 6.37. The van der Waals surface area contributed by atoms with E-state index in [2.05, 4.69) is 32.2 Å². The second-order valence-corrected chi connectivity index (χ2v) is 10.3. The molecule has 3 nitrogen and oxygen atoms in total. The van der Waals surface area contributed by atoms with E-state index in [9.17, 15) is 18.0 Å². The monoisotopic (exact) mass is 522 g/mol. The summed E-state index contributed by atoms with van der Waals surface area (Å²) in [6, 6.07) is 5.65. The number of alkyl halides is 3. The van der Waals surface area contributed by atoms with Gasteiger partial charge in [-0.1, -0.05) is 27.5 Å². The Balaban J connectivity index is 1.29. The summed E-state index contributed by atoms with van der Waals surface area (Å²) < 4.78 is 38.2. The molecule has 1 aliphatic carbocycles. The molecule has 3 rings (SSSR count). The van der Waals surface area contributed by atoms with E-state index in [0.29, 0.717) is 24.7 Å². The molecule has 0 spiro atoms.